The minimum atomic E-state index is -3.96. The number of anilines is 1. The highest BCUT2D eigenvalue weighted by Crippen LogP contribution is 2.23. The fourth-order valence-corrected chi connectivity index (χ4v) is 4.75. The summed E-state index contributed by atoms with van der Waals surface area (Å²) in [4.78, 5) is 15.0. The molecule has 3 rings (SSSR count). The number of carbonyl (C=O) groups excluding carboxylic acids is 1. The van der Waals surface area contributed by atoms with Crippen molar-refractivity contribution in [3.05, 3.63) is 58.9 Å². The van der Waals surface area contributed by atoms with Gasteiger partial charge >= 0.3 is 0 Å². The first-order valence-corrected chi connectivity index (χ1v) is 11.8. The Morgan fingerprint density at radius 1 is 1.17 bits per heavy atom. The third-order valence-corrected chi connectivity index (χ3v) is 6.76. The molecule has 1 saturated heterocycles. The van der Waals surface area contributed by atoms with Crippen LogP contribution in [0.25, 0.3) is 0 Å². The summed E-state index contributed by atoms with van der Waals surface area (Å²) in [6.07, 6.45) is 2.78. The predicted octanol–water partition coefficient (Wildman–Crippen LogP) is 3.88. The van der Waals surface area contributed by atoms with E-state index in [2.05, 4.69) is 21.9 Å². The number of piperidine rings is 1. The van der Waals surface area contributed by atoms with Crippen molar-refractivity contribution >= 4 is 33.2 Å². The van der Waals surface area contributed by atoms with Gasteiger partial charge in [0.1, 0.15) is 5.82 Å². The van der Waals surface area contributed by atoms with Gasteiger partial charge in [0.2, 0.25) is 0 Å². The van der Waals surface area contributed by atoms with Crippen LogP contribution in [0.2, 0.25) is 5.02 Å². The SMILES string of the molecule is CCCN1CCC(NC(=O)c2cc(S(=O)(=O)Nc3ccc(F)cc3)ccc2Cl)CC1. The first kappa shape index (κ1) is 22.5. The summed E-state index contributed by atoms with van der Waals surface area (Å²) >= 11 is 6.17. The lowest BCUT2D eigenvalue weighted by Gasteiger charge is -2.32. The van der Waals surface area contributed by atoms with Crippen LogP contribution in [-0.4, -0.2) is 44.9 Å². The highest BCUT2D eigenvalue weighted by atomic mass is 35.5. The zero-order valence-corrected chi connectivity index (χ0v) is 18.3. The van der Waals surface area contributed by atoms with Crippen LogP contribution in [-0.2, 0) is 10.0 Å². The second-order valence-electron chi connectivity index (χ2n) is 7.34. The number of hydrogen-bond acceptors (Lipinski definition) is 4. The van der Waals surface area contributed by atoms with Crippen molar-refractivity contribution in [1.29, 1.82) is 0 Å². The third kappa shape index (κ3) is 5.71. The van der Waals surface area contributed by atoms with E-state index in [1.807, 2.05) is 0 Å². The summed E-state index contributed by atoms with van der Waals surface area (Å²) in [6, 6.07) is 8.96. The van der Waals surface area contributed by atoms with Gasteiger partial charge in [0.25, 0.3) is 15.9 Å². The average Bonchev–Trinajstić information content (AvgIpc) is 2.71. The zero-order chi connectivity index (χ0) is 21.7. The van der Waals surface area contributed by atoms with E-state index in [0.29, 0.717) is 0 Å². The van der Waals surface area contributed by atoms with Crippen molar-refractivity contribution in [3.63, 3.8) is 0 Å². The van der Waals surface area contributed by atoms with Gasteiger partial charge in [-0.05, 0) is 68.3 Å². The van der Waals surface area contributed by atoms with Crippen molar-refractivity contribution in [2.45, 2.75) is 37.1 Å². The van der Waals surface area contributed by atoms with Crippen molar-refractivity contribution in [3.8, 4) is 0 Å². The van der Waals surface area contributed by atoms with Crippen LogP contribution in [0.1, 0.15) is 36.5 Å². The summed E-state index contributed by atoms with van der Waals surface area (Å²) in [7, 11) is -3.96. The van der Waals surface area contributed by atoms with E-state index in [0.717, 1.165) is 51.0 Å². The van der Waals surface area contributed by atoms with Gasteiger partial charge in [0, 0.05) is 24.8 Å². The molecule has 1 aliphatic heterocycles. The van der Waals surface area contributed by atoms with Crippen molar-refractivity contribution in [2.75, 3.05) is 24.4 Å². The van der Waals surface area contributed by atoms with Gasteiger partial charge in [-0.2, -0.15) is 0 Å². The quantitative estimate of drug-likeness (QED) is 0.666. The topological polar surface area (TPSA) is 78.5 Å². The number of nitrogens with one attached hydrogen (secondary N) is 2. The molecule has 1 heterocycles. The monoisotopic (exact) mass is 453 g/mol. The van der Waals surface area contributed by atoms with Crippen LogP contribution in [0, 0.1) is 5.82 Å². The lowest BCUT2D eigenvalue weighted by Crippen LogP contribution is -2.44. The summed E-state index contributed by atoms with van der Waals surface area (Å²) < 4.78 is 40.8. The molecule has 2 aromatic rings. The van der Waals surface area contributed by atoms with E-state index in [9.17, 15) is 17.6 Å². The maximum Gasteiger partial charge on any atom is 0.261 e. The Morgan fingerprint density at radius 2 is 1.83 bits per heavy atom. The summed E-state index contributed by atoms with van der Waals surface area (Å²) in [5, 5.41) is 3.14. The molecule has 9 heteroatoms. The molecule has 0 unspecified atom stereocenters. The second kappa shape index (κ2) is 9.76. The van der Waals surface area contributed by atoms with E-state index in [-0.39, 0.29) is 27.2 Å². The maximum absolute atomic E-state index is 13.0. The van der Waals surface area contributed by atoms with Crippen LogP contribution < -0.4 is 10.0 Å². The van der Waals surface area contributed by atoms with Gasteiger partial charge in [-0.15, -0.1) is 0 Å². The smallest absolute Gasteiger partial charge is 0.261 e. The van der Waals surface area contributed by atoms with Gasteiger partial charge in [-0.3, -0.25) is 9.52 Å². The first-order valence-electron chi connectivity index (χ1n) is 9.89. The molecule has 0 aromatic heterocycles. The van der Waals surface area contributed by atoms with Crippen molar-refractivity contribution in [1.82, 2.24) is 10.2 Å². The zero-order valence-electron chi connectivity index (χ0n) is 16.7. The normalized spacial score (nSPS) is 15.7. The van der Waals surface area contributed by atoms with Gasteiger partial charge in [0.05, 0.1) is 15.5 Å². The van der Waals surface area contributed by atoms with Gasteiger partial charge in [-0.1, -0.05) is 18.5 Å². The average molecular weight is 454 g/mol. The van der Waals surface area contributed by atoms with Crippen LogP contribution in [0.4, 0.5) is 10.1 Å². The molecule has 2 N–H and O–H groups in total. The molecule has 2 aromatic carbocycles. The Morgan fingerprint density at radius 3 is 2.47 bits per heavy atom. The number of halogens is 2. The van der Waals surface area contributed by atoms with Crippen molar-refractivity contribution in [2.24, 2.45) is 0 Å². The van der Waals surface area contributed by atoms with Crippen LogP contribution in [0.3, 0.4) is 0 Å². The van der Waals surface area contributed by atoms with Crippen molar-refractivity contribution < 1.29 is 17.6 Å². The number of rotatable bonds is 7. The highest BCUT2D eigenvalue weighted by molar-refractivity contribution is 7.92. The van der Waals surface area contributed by atoms with E-state index in [1.54, 1.807) is 0 Å². The predicted molar refractivity (Wildman–Crippen MR) is 116 cm³/mol. The Hall–Kier alpha value is -2.16. The molecule has 0 bridgehead atoms. The van der Waals surface area contributed by atoms with Gasteiger partial charge < -0.3 is 10.2 Å². The molecule has 1 fully saturated rings. The molecule has 0 spiro atoms. The number of sulfonamides is 1. The first-order chi connectivity index (χ1) is 14.3. The Labute approximate surface area is 181 Å². The number of amides is 1. The molecule has 30 heavy (non-hydrogen) atoms. The minimum Gasteiger partial charge on any atom is -0.349 e. The fraction of sp³-hybridized carbons (Fsp3) is 0.381. The van der Waals surface area contributed by atoms with E-state index < -0.39 is 21.7 Å². The number of carbonyl (C=O) groups is 1. The third-order valence-electron chi connectivity index (χ3n) is 5.05. The van der Waals surface area contributed by atoms with E-state index >= 15 is 0 Å². The molecule has 6 nitrogen and oxygen atoms in total. The second-order valence-corrected chi connectivity index (χ2v) is 9.43. The minimum absolute atomic E-state index is 0.0271. The molecular formula is C21H25ClFN3O3S. The molecule has 0 radical (unpaired) electrons. The summed E-state index contributed by atoms with van der Waals surface area (Å²) in [5.41, 5.74) is 0.325. The van der Waals surface area contributed by atoms with Crippen LogP contribution in [0.15, 0.2) is 47.4 Å². The standard InChI is InChI=1S/C21H25ClFN3O3S/c1-2-11-26-12-9-16(10-13-26)24-21(27)19-14-18(7-8-20(19)22)30(28,29)25-17-5-3-15(23)4-6-17/h3-8,14,16,25H,2,9-13H2,1H3,(H,24,27). The fourth-order valence-electron chi connectivity index (χ4n) is 3.46. The molecule has 0 saturated carbocycles. The molecular weight excluding hydrogens is 429 g/mol. The largest absolute Gasteiger partial charge is 0.349 e. The van der Waals surface area contributed by atoms with E-state index in [1.165, 1.54) is 30.3 Å². The number of hydrogen-bond donors (Lipinski definition) is 2. The molecule has 162 valence electrons. The Bertz CT molecular complexity index is 991. The molecule has 0 atom stereocenters. The molecule has 1 amide bonds. The Kier molecular flexibility index (Phi) is 7.33. The van der Waals surface area contributed by atoms with Gasteiger partial charge in [0.15, 0.2) is 0 Å². The lowest BCUT2D eigenvalue weighted by atomic mass is 10.0. The summed E-state index contributed by atoms with van der Waals surface area (Å²) in [5.74, 6) is -0.864. The highest BCUT2D eigenvalue weighted by Gasteiger charge is 2.23. The lowest BCUT2D eigenvalue weighted by molar-refractivity contribution is 0.0911. The van der Waals surface area contributed by atoms with Gasteiger partial charge in [-0.25, -0.2) is 12.8 Å². The number of nitrogens with zero attached hydrogens (tertiary/aromatic N) is 1. The van der Waals surface area contributed by atoms with Crippen LogP contribution >= 0.6 is 11.6 Å². The number of benzene rings is 2. The summed E-state index contributed by atoms with van der Waals surface area (Å²) in [6.45, 7) is 5.03. The van der Waals surface area contributed by atoms with Crippen LogP contribution in [0.5, 0.6) is 0 Å². The molecule has 1 aliphatic rings. The Balaban J connectivity index is 1.71. The maximum atomic E-state index is 13.0. The van der Waals surface area contributed by atoms with E-state index in [4.69, 9.17) is 11.6 Å². The molecule has 0 aliphatic carbocycles. The number of likely N-dealkylation sites (tertiary alicyclic amines) is 1.